The van der Waals surface area contributed by atoms with Crippen LogP contribution in [0.3, 0.4) is 0 Å². The number of hydrogen-bond donors (Lipinski definition) is 0. The summed E-state index contributed by atoms with van der Waals surface area (Å²) >= 11 is 0. The zero-order valence-electron chi connectivity index (χ0n) is 8.08. The zero-order chi connectivity index (χ0) is 9.42. The molecule has 2 saturated carbocycles. The van der Waals surface area contributed by atoms with Crippen molar-refractivity contribution in [3.05, 3.63) is 12.2 Å². The van der Waals surface area contributed by atoms with Gasteiger partial charge in [-0.15, -0.1) is 0 Å². The van der Waals surface area contributed by atoms with E-state index in [1.54, 1.807) is 6.92 Å². The van der Waals surface area contributed by atoms with Gasteiger partial charge < -0.3 is 4.74 Å². The van der Waals surface area contributed by atoms with E-state index in [1.807, 2.05) is 0 Å². The molecular weight excluding hydrogens is 164 g/mol. The van der Waals surface area contributed by atoms with Crippen LogP contribution in [0, 0.1) is 11.8 Å². The quantitative estimate of drug-likeness (QED) is 0.481. The van der Waals surface area contributed by atoms with Crippen molar-refractivity contribution in [2.75, 3.05) is 0 Å². The molecule has 2 heteroatoms. The third-order valence-corrected chi connectivity index (χ3v) is 3.28. The summed E-state index contributed by atoms with van der Waals surface area (Å²) < 4.78 is 5.37. The Kier molecular flexibility index (Phi) is 2.14. The van der Waals surface area contributed by atoms with E-state index in [-0.39, 0.29) is 12.1 Å². The Labute approximate surface area is 79.0 Å². The predicted octanol–water partition coefficient (Wildman–Crippen LogP) is 2.29. The van der Waals surface area contributed by atoms with E-state index in [0.29, 0.717) is 11.5 Å². The highest BCUT2D eigenvalue weighted by molar-refractivity contribution is 5.87. The molecule has 0 aromatic heterocycles. The maximum atomic E-state index is 11.3. The summed E-state index contributed by atoms with van der Waals surface area (Å²) in [4.78, 5) is 11.3. The topological polar surface area (TPSA) is 26.3 Å². The van der Waals surface area contributed by atoms with Crippen LogP contribution >= 0.6 is 0 Å². The molecule has 2 aliphatic rings. The lowest BCUT2D eigenvalue weighted by Crippen LogP contribution is -2.24. The first-order chi connectivity index (χ1) is 6.16. The number of rotatable bonds is 2. The third-order valence-electron chi connectivity index (χ3n) is 3.28. The molecule has 0 amide bonds. The number of carbonyl (C=O) groups is 1. The van der Waals surface area contributed by atoms with E-state index >= 15 is 0 Å². The molecule has 0 heterocycles. The van der Waals surface area contributed by atoms with Crippen LogP contribution in [0.5, 0.6) is 0 Å². The highest BCUT2D eigenvalue weighted by Crippen LogP contribution is 2.45. The predicted molar refractivity (Wildman–Crippen MR) is 50.1 cm³/mol. The maximum absolute atomic E-state index is 11.3. The fourth-order valence-electron chi connectivity index (χ4n) is 2.57. The van der Waals surface area contributed by atoms with Crippen molar-refractivity contribution in [3.8, 4) is 0 Å². The lowest BCUT2D eigenvalue weighted by molar-refractivity contribution is -0.146. The van der Waals surface area contributed by atoms with Gasteiger partial charge in [-0.25, -0.2) is 4.79 Å². The summed E-state index contributed by atoms with van der Waals surface area (Å²) in [5, 5.41) is 0. The molecule has 2 rings (SSSR count). The largest absolute Gasteiger partial charge is 0.459 e. The Morgan fingerprint density at radius 1 is 1.38 bits per heavy atom. The fraction of sp³-hybridized carbons (Fsp3) is 0.727. The Morgan fingerprint density at radius 3 is 2.62 bits per heavy atom. The van der Waals surface area contributed by atoms with Crippen molar-refractivity contribution in [1.82, 2.24) is 0 Å². The second-order valence-electron chi connectivity index (χ2n) is 4.40. The van der Waals surface area contributed by atoms with Crippen molar-refractivity contribution >= 4 is 5.97 Å². The van der Waals surface area contributed by atoms with Gasteiger partial charge in [-0.2, -0.15) is 0 Å². The highest BCUT2D eigenvalue weighted by atomic mass is 16.5. The van der Waals surface area contributed by atoms with E-state index in [4.69, 9.17) is 4.74 Å². The highest BCUT2D eigenvalue weighted by Gasteiger charge is 2.41. The van der Waals surface area contributed by atoms with Crippen molar-refractivity contribution in [3.63, 3.8) is 0 Å². The van der Waals surface area contributed by atoms with Crippen molar-refractivity contribution < 1.29 is 9.53 Å². The van der Waals surface area contributed by atoms with Gasteiger partial charge in [0, 0.05) is 5.57 Å². The van der Waals surface area contributed by atoms with E-state index in [0.717, 1.165) is 12.3 Å². The van der Waals surface area contributed by atoms with E-state index in [9.17, 15) is 4.79 Å². The first-order valence-corrected chi connectivity index (χ1v) is 5.03. The number of hydrogen-bond acceptors (Lipinski definition) is 2. The molecule has 0 saturated heterocycles. The molecule has 72 valence electrons. The van der Waals surface area contributed by atoms with Crippen LogP contribution in [0.4, 0.5) is 0 Å². The average Bonchev–Trinajstić information content (AvgIpc) is 2.64. The number of fused-ring (bicyclic) bond motifs is 2. The summed E-state index contributed by atoms with van der Waals surface area (Å²) in [5.74, 6) is 1.26. The molecular formula is C11H16O2. The van der Waals surface area contributed by atoms with Gasteiger partial charge in [0.15, 0.2) is 0 Å². The van der Waals surface area contributed by atoms with Gasteiger partial charge in [-0.05, 0) is 44.4 Å². The van der Waals surface area contributed by atoms with Crippen LogP contribution in [0.2, 0.25) is 0 Å². The van der Waals surface area contributed by atoms with Gasteiger partial charge in [-0.3, -0.25) is 0 Å². The van der Waals surface area contributed by atoms with Gasteiger partial charge in [-0.1, -0.05) is 6.58 Å². The average molecular weight is 180 g/mol. The van der Waals surface area contributed by atoms with Crippen LogP contribution in [0.25, 0.3) is 0 Å². The minimum atomic E-state index is -0.211. The normalized spacial score (nSPS) is 36.2. The third kappa shape index (κ3) is 1.62. The maximum Gasteiger partial charge on any atom is 0.333 e. The summed E-state index contributed by atoms with van der Waals surface area (Å²) in [5.41, 5.74) is 0.516. The molecule has 13 heavy (non-hydrogen) atoms. The first kappa shape index (κ1) is 8.79. The number of esters is 1. The first-order valence-electron chi connectivity index (χ1n) is 5.03. The Morgan fingerprint density at radius 2 is 2.15 bits per heavy atom. The smallest absolute Gasteiger partial charge is 0.333 e. The second kappa shape index (κ2) is 3.17. The standard InChI is InChI=1S/C11H16O2/c1-7(2)11(12)13-10-6-8-3-4-9(10)5-8/h8-10H,1,3-6H2,2H3/t8-,9+,10?/m0/s1. The molecule has 2 fully saturated rings. The van der Waals surface area contributed by atoms with Gasteiger partial charge in [0.1, 0.15) is 6.10 Å². The van der Waals surface area contributed by atoms with Gasteiger partial charge in [0.2, 0.25) is 0 Å². The van der Waals surface area contributed by atoms with E-state index < -0.39 is 0 Å². The van der Waals surface area contributed by atoms with E-state index in [2.05, 4.69) is 6.58 Å². The SMILES string of the molecule is C=C(C)C(=O)OC1C[C@H]2CC[C@@H]1C2. The fourth-order valence-corrected chi connectivity index (χ4v) is 2.57. The van der Waals surface area contributed by atoms with Crippen LogP contribution in [-0.2, 0) is 9.53 Å². The van der Waals surface area contributed by atoms with Gasteiger partial charge in [0.05, 0.1) is 0 Å². The van der Waals surface area contributed by atoms with Crippen LogP contribution in [-0.4, -0.2) is 12.1 Å². The summed E-state index contributed by atoms with van der Waals surface area (Å²) in [6.07, 6.45) is 5.14. The molecule has 0 N–H and O–H groups in total. The molecule has 0 aromatic carbocycles. The van der Waals surface area contributed by atoms with Crippen LogP contribution < -0.4 is 0 Å². The lowest BCUT2D eigenvalue weighted by atomic mass is 9.98. The second-order valence-corrected chi connectivity index (χ2v) is 4.40. The molecule has 0 radical (unpaired) electrons. The summed E-state index contributed by atoms with van der Waals surface area (Å²) in [6.45, 7) is 5.29. The molecule has 0 aromatic rings. The molecule has 3 atom stereocenters. The number of ether oxygens (including phenoxy) is 1. The molecule has 2 bridgehead atoms. The lowest BCUT2D eigenvalue weighted by Gasteiger charge is -2.21. The monoisotopic (exact) mass is 180 g/mol. The van der Waals surface area contributed by atoms with E-state index in [1.165, 1.54) is 19.3 Å². The van der Waals surface area contributed by atoms with Gasteiger partial charge >= 0.3 is 5.97 Å². The Hall–Kier alpha value is -0.790. The molecule has 1 unspecified atom stereocenters. The van der Waals surface area contributed by atoms with Crippen LogP contribution in [0.1, 0.15) is 32.6 Å². The Bertz CT molecular complexity index is 244. The minimum Gasteiger partial charge on any atom is -0.459 e. The molecule has 0 aliphatic heterocycles. The molecule has 2 aliphatic carbocycles. The van der Waals surface area contributed by atoms with Crippen molar-refractivity contribution in [2.24, 2.45) is 11.8 Å². The van der Waals surface area contributed by atoms with Crippen LogP contribution in [0.15, 0.2) is 12.2 Å². The minimum absolute atomic E-state index is 0.197. The Balaban J connectivity index is 1.90. The van der Waals surface area contributed by atoms with Crippen molar-refractivity contribution in [1.29, 1.82) is 0 Å². The van der Waals surface area contributed by atoms with Gasteiger partial charge in [0.25, 0.3) is 0 Å². The summed E-state index contributed by atoms with van der Waals surface area (Å²) in [7, 11) is 0. The summed E-state index contributed by atoms with van der Waals surface area (Å²) in [6, 6.07) is 0. The molecule has 2 nitrogen and oxygen atoms in total. The zero-order valence-corrected chi connectivity index (χ0v) is 8.08. The van der Waals surface area contributed by atoms with Crippen molar-refractivity contribution in [2.45, 2.75) is 38.7 Å². The molecule has 0 spiro atoms. The number of carbonyl (C=O) groups excluding carboxylic acids is 1.